The first kappa shape index (κ1) is 16.3. The molecule has 0 atom stereocenters. The lowest BCUT2D eigenvalue weighted by molar-refractivity contribution is 0.307. The number of hydrogen-bond acceptors (Lipinski definition) is 2. The number of aromatic nitrogens is 1. The Morgan fingerprint density at radius 1 is 0.769 bits per heavy atom. The Labute approximate surface area is 154 Å². The van der Waals surface area contributed by atoms with Crippen molar-refractivity contribution in [3.8, 4) is 5.75 Å². The van der Waals surface area contributed by atoms with Crippen LogP contribution >= 0.6 is 0 Å². The smallest absolute Gasteiger partial charge is 0.119 e. The molecular formula is C24H21NO. The van der Waals surface area contributed by atoms with Crippen molar-refractivity contribution in [2.24, 2.45) is 0 Å². The fraction of sp³-hybridized carbons (Fsp3) is 0.125. The molecule has 0 aliphatic carbocycles. The molecular weight excluding hydrogens is 318 g/mol. The van der Waals surface area contributed by atoms with Gasteiger partial charge in [-0.1, -0.05) is 60.7 Å². The average molecular weight is 339 g/mol. The van der Waals surface area contributed by atoms with E-state index in [9.17, 15) is 0 Å². The quantitative estimate of drug-likeness (QED) is 0.464. The molecule has 0 spiro atoms. The molecule has 0 fully saturated rings. The fourth-order valence-electron chi connectivity index (χ4n) is 3.21. The van der Waals surface area contributed by atoms with Crippen molar-refractivity contribution in [3.05, 3.63) is 107 Å². The van der Waals surface area contributed by atoms with Gasteiger partial charge in [0.2, 0.25) is 0 Å². The minimum Gasteiger partial charge on any atom is -0.489 e. The molecule has 0 unspecified atom stereocenters. The van der Waals surface area contributed by atoms with Crippen LogP contribution in [0.4, 0.5) is 0 Å². The number of fused-ring (bicyclic) bond motifs is 1. The second kappa shape index (κ2) is 7.40. The van der Waals surface area contributed by atoms with E-state index in [1.54, 1.807) is 0 Å². The second-order valence-electron chi connectivity index (χ2n) is 6.53. The molecule has 3 aromatic carbocycles. The largest absolute Gasteiger partial charge is 0.489 e. The van der Waals surface area contributed by atoms with Crippen LogP contribution in [0.15, 0.2) is 84.9 Å². The van der Waals surface area contributed by atoms with Crippen molar-refractivity contribution < 1.29 is 4.74 Å². The van der Waals surface area contributed by atoms with E-state index < -0.39 is 0 Å². The highest BCUT2D eigenvalue weighted by Crippen LogP contribution is 2.21. The molecule has 0 saturated carbocycles. The van der Waals surface area contributed by atoms with Crippen LogP contribution in [0.2, 0.25) is 0 Å². The molecule has 1 heterocycles. The summed E-state index contributed by atoms with van der Waals surface area (Å²) in [7, 11) is 0. The predicted octanol–water partition coefficient (Wildman–Crippen LogP) is 5.71. The molecule has 0 bridgehead atoms. The van der Waals surface area contributed by atoms with E-state index in [0.717, 1.165) is 28.8 Å². The van der Waals surface area contributed by atoms with Gasteiger partial charge in [0.15, 0.2) is 0 Å². The van der Waals surface area contributed by atoms with Crippen molar-refractivity contribution in [2.45, 2.75) is 20.0 Å². The molecule has 1 aromatic heterocycles. The summed E-state index contributed by atoms with van der Waals surface area (Å²) < 4.78 is 6.03. The number of hydrogen-bond donors (Lipinski definition) is 0. The van der Waals surface area contributed by atoms with E-state index in [0.29, 0.717) is 6.61 Å². The fourth-order valence-corrected chi connectivity index (χ4v) is 3.21. The first-order valence-corrected chi connectivity index (χ1v) is 8.89. The number of aryl methyl sites for hydroxylation is 1. The topological polar surface area (TPSA) is 22.1 Å². The molecule has 2 heteroatoms. The Balaban J connectivity index is 1.47. The van der Waals surface area contributed by atoms with Crippen LogP contribution in [-0.4, -0.2) is 4.98 Å². The number of rotatable bonds is 5. The Morgan fingerprint density at radius 2 is 1.46 bits per heavy atom. The van der Waals surface area contributed by atoms with Gasteiger partial charge in [0.25, 0.3) is 0 Å². The highest BCUT2D eigenvalue weighted by Gasteiger charge is 2.05. The summed E-state index contributed by atoms with van der Waals surface area (Å²) in [6, 6.07) is 29.2. The molecule has 26 heavy (non-hydrogen) atoms. The third-order valence-electron chi connectivity index (χ3n) is 4.50. The van der Waals surface area contributed by atoms with Crippen molar-refractivity contribution in [2.75, 3.05) is 0 Å². The maximum atomic E-state index is 6.03. The summed E-state index contributed by atoms with van der Waals surface area (Å²) >= 11 is 0. The summed E-state index contributed by atoms with van der Waals surface area (Å²) in [5, 5.41) is 1.15. The SMILES string of the molecule is Cc1cc(COc2ccc(Cc3ccccc3)cc2)c2ccccc2n1. The Bertz CT molecular complexity index is 1010. The third-order valence-corrected chi connectivity index (χ3v) is 4.50. The van der Waals surface area contributed by atoms with Crippen LogP contribution in [-0.2, 0) is 13.0 Å². The van der Waals surface area contributed by atoms with Crippen molar-refractivity contribution >= 4 is 10.9 Å². The van der Waals surface area contributed by atoms with E-state index in [1.807, 2.05) is 31.2 Å². The highest BCUT2D eigenvalue weighted by molar-refractivity contribution is 5.82. The Morgan fingerprint density at radius 3 is 2.27 bits per heavy atom. The van der Waals surface area contributed by atoms with Gasteiger partial charge in [-0.05, 0) is 48.7 Å². The lowest BCUT2D eigenvalue weighted by atomic mass is 10.1. The minimum absolute atomic E-state index is 0.544. The van der Waals surface area contributed by atoms with E-state index >= 15 is 0 Å². The molecule has 0 aliphatic rings. The maximum absolute atomic E-state index is 6.03. The minimum atomic E-state index is 0.544. The van der Waals surface area contributed by atoms with Gasteiger partial charge in [0, 0.05) is 16.6 Å². The molecule has 0 radical (unpaired) electrons. The van der Waals surface area contributed by atoms with Crippen LogP contribution in [0.3, 0.4) is 0 Å². The average Bonchev–Trinajstić information content (AvgIpc) is 2.68. The standard InChI is InChI=1S/C24H21NO/c1-18-15-21(23-9-5-6-10-24(23)25-18)17-26-22-13-11-20(12-14-22)16-19-7-3-2-4-8-19/h2-15H,16-17H2,1H3. The number of pyridine rings is 1. The monoisotopic (exact) mass is 339 g/mol. The zero-order valence-electron chi connectivity index (χ0n) is 14.9. The lowest BCUT2D eigenvalue weighted by Gasteiger charge is -2.10. The summed E-state index contributed by atoms with van der Waals surface area (Å²) in [5.74, 6) is 0.889. The van der Waals surface area contributed by atoms with Gasteiger partial charge in [-0.25, -0.2) is 0 Å². The molecule has 0 amide bonds. The molecule has 128 valence electrons. The van der Waals surface area contributed by atoms with E-state index in [2.05, 4.69) is 65.6 Å². The first-order valence-electron chi connectivity index (χ1n) is 8.89. The second-order valence-corrected chi connectivity index (χ2v) is 6.53. The van der Waals surface area contributed by atoms with Crippen molar-refractivity contribution in [1.29, 1.82) is 0 Å². The predicted molar refractivity (Wildman–Crippen MR) is 107 cm³/mol. The third kappa shape index (κ3) is 3.75. The molecule has 4 aromatic rings. The first-order chi connectivity index (χ1) is 12.8. The zero-order valence-corrected chi connectivity index (χ0v) is 14.9. The zero-order chi connectivity index (χ0) is 17.8. The van der Waals surface area contributed by atoms with Gasteiger partial charge in [0.1, 0.15) is 12.4 Å². The number of ether oxygens (including phenoxy) is 1. The van der Waals surface area contributed by atoms with Crippen LogP contribution < -0.4 is 4.74 Å². The van der Waals surface area contributed by atoms with Crippen molar-refractivity contribution in [1.82, 2.24) is 4.98 Å². The Kier molecular flexibility index (Phi) is 4.65. The van der Waals surface area contributed by atoms with Gasteiger partial charge in [0.05, 0.1) is 5.52 Å². The van der Waals surface area contributed by atoms with Gasteiger partial charge < -0.3 is 4.74 Å². The Hall–Kier alpha value is -3.13. The van der Waals surface area contributed by atoms with Gasteiger partial charge >= 0.3 is 0 Å². The van der Waals surface area contributed by atoms with E-state index in [4.69, 9.17) is 4.74 Å². The van der Waals surface area contributed by atoms with Gasteiger partial charge in [-0.15, -0.1) is 0 Å². The van der Waals surface area contributed by atoms with Crippen LogP contribution in [0.25, 0.3) is 10.9 Å². The van der Waals surface area contributed by atoms with E-state index in [-0.39, 0.29) is 0 Å². The number of para-hydroxylation sites is 1. The van der Waals surface area contributed by atoms with Crippen LogP contribution in [0.5, 0.6) is 5.75 Å². The molecule has 0 N–H and O–H groups in total. The summed E-state index contributed by atoms with van der Waals surface area (Å²) in [6.07, 6.45) is 0.940. The highest BCUT2D eigenvalue weighted by atomic mass is 16.5. The lowest BCUT2D eigenvalue weighted by Crippen LogP contribution is -1.99. The summed E-state index contributed by atoms with van der Waals surface area (Å²) in [4.78, 5) is 4.59. The molecule has 0 aliphatic heterocycles. The van der Waals surface area contributed by atoms with Crippen LogP contribution in [0.1, 0.15) is 22.4 Å². The number of benzene rings is 3. The molecule has 4 rings (SSSR count). The van der Waals surface area contributed by atoms with Crippen molar-refractivity contribution in [3.63, 3.8) is 0 Å². The van der Waals surface area contributed by atoms with Crippen LogP contribution in [0, 0.1) is 6.92 Å². The normalized spacial score (nSPS) is 10.8. The number of nitrogens with zero attached hydrogens (tertiary/aromatic N) is 1. The molecule has 2 nitrogen and oxygen atoms in total. The van der Waals surface area contributed by atoms with Gasteiger partial charge in [-0.2, -0.15) is 0 Å². The molecule has 0 saturated heterocycles. The summed E-state index contributed by atoms with van der Waals surface area (Å²) in [6.45, 7) is 2.57. The maximum Gasteiger partial charge on any atom is 0.119 e. The van der Waals surface area contributed by atoms with E-state index in [1.165, 1.54) is 16.7 Å². The summed E-state index contributed by atoms with van der Waals surface area (Å²) in [5.41, 5.74) is 5.81. The van der Waals surface area contributed by atoms with Gasteiger partial charge in [-0.3, -0.25) is 4.98 Å².